The number of fused-ring (bicyclic) bond motifs is 2. The number of pyridine rings is 2. The number of halogens is 1. The molecular weight excluding hydrogens is 465 g/mol. The lowest BCUT2D eigenvalue weighted by Crippen LogP contribution is -2.10. The largest absolute Gasteiger partial charge is 0.335 e. The summed E-state index contributed by atoms with van der Waals surface area (Å²) >= 11 is 0. The molecule has 0 aliphatic carbocycles. The highest BCUT2D eigenvalue weighted by Crippen LogP contribution is 2.32. The van der Waals surface area contributed by atoms with Crippen molar-refractivity contribution in [1.82, 2.24) is 35.0 Å². The van der Waals surface area contributed by atoms with E-state index in [2.05, 4.69) is 75.3 Å². The molecular formula is C29H26FN7. The van der Waals surface area contributed by atoms with E-state index >= 15 is 0 Å². The van der Waals surface area contributed by atoms with E-state index in [1.807, 2.05) is 6.20 Å². The molecule has 2 N–H and O–H groups in total. The maximum Gasteiger partial charge on any atom is 0.181 e. The lowest BCUT2D eigenvalue weighted by molar-refractivity contribution is 0.402. The van der Waals surface area contributed by atoms with Gasteiger partial charge in [-0.1, -0.05) is 31.2 Å². The van der Waals surface area contributed by atoms with Crippen molar-refractivity contribution in [2.75, 3.05) is 14.1 Å². The molecule has 0 saturated heterocycles. The van der Waals surface area contributed by atoms with Crippen molar-refractivity contribution >= 4 is 22.1 Å². The van der Waals surface area contributed by atoms with Crippen LogP contribution < -0.4 is 0 Å². The summed E-state index contributed by atoms with van der Waals surface area (Å²) in [5.41, 5.74) is 9.31. The second-order valence-corrected chi connectivity index (χ2v) is 9.50. The van der Waals surface area contributed by atoms with Gasteiger partial charge in [0.2, 0.25) is 0 Å². The first-order valence-corrected chi connectivity index (χ1v) is 12.2. The molecule has 0 fully saturated rings. The standard InChI is InChI=1S/C29H26FN7/c1-4-17-9-18(16-37(2)3)11-20(10-17)21-12-23-27(35-36-28(23)32-13-21)29-33-25-15-31-14-24(26(25)34-29)19-5-7-22(30)8-6-19/h5-15H,4,16H2,1-3H3,(H,33,34)(H,32,35,36). The quantitative estimate of drug-likeness (QED) is 0.299. The summed E-state index contributed by atoms with van der Waals surface area (Å²) in [4.78, 5) is 19.4. The van der Waals surface area contributed by atoms with Crippen LogP contribution in [-0.4, -0.2) is 49.1 Å². The Morgan fingerprint density at radius 2 is 1.70 bits per heavy atom. The van der Waals surface area contributed by atoms with Crippen LogP contribution in [0.1, 0.15) is 18.1 Å². The number of hydrogen-bond acceptors (Lipinski definition) is 5. The molecule has 0 unspecified atom stereocenters. The van der Waals surface area contributed by atoms with Crippen LogP contribution in [0.5, 0.6) is 0 Å². The number of hydrogen-bond donors (Lipinski definition) is 2. The number of aryl methyl sites for hydroxylation is 1. The number of nitrogens with zero attached hydrogens (tertiary/aromatic N) is 5. The van der Waals surface area contributed by atoms with Gasteiger partial charge in [0, 0.05) is 30.1 Å². The van der Waals surface area contributed by atoms with Crippen LogP contribution in [0.15, 0.2) is 67.1 Å². The lowest BCUT2D eigenvalue weighted by atomic mass is 9.98. The zero-order chi connectivity index (χ0) is 25.5. The smallest absolute Gasteiger partial charge is 0.181 e. The van der Waals surface area contributed by atoms with Crippen molar-refractivity contribution in [3.63, 3.8) is 0 Å². The molecule has 0 radical (unpaired) electrons. The Kier molecular flexibility index (Phi) is 5.73. The molecule has 8 heteroatoms. The first-order valence-electron chi connectivity index (χ1n) is 12.2. The van der Waals surface area contributed by atoms with E-state index in [1.54, 1.807) is 24.5 Å². The Morgan fingerprint density at radius 1 is 0.892 bits per heavy atom. The average molecular weight is 492 g/mol. The second kappa shape index (κ2) is 9.22. The summed E-state index contributed by atoms with van der Waals surface area (Å²) in [6.07, 6.45) is 6.32. The van der Waals surface area contributed by atoms with Gasteiger partial charge in [0.15, 0.2) is 11.5 Å². The molecule has 37 heavy (non-hydrogen) atoms. The fraction of sp³-hybridized carbons (Fsp3) is 0.172. The maximum absolute atomic E-state index is 13.5. The van der Waals surface area contributed by atoms with Gasteiger partial charge in [0.25, 0.3) is 0 Å². The maximum atomic E-state index is 13.5. The summed E-state index contributed by atoms with van der Waals surface area (Å²) in [5, 5.41) is 8.41. The van der Waals surface area contributed by atoms with Crippen molar-refractivity contribution in [3.05, 3.63) is 84.1 Å². The molecule has 0 atom stereocenters. The van der Waals surface area contributed by atoms with Gasteiger partial charge in [-0.25, -0.2) is 14.4 Å². The number of aromatic amines is 2. The molecule has 0 spiro atoms. The van der Waals surface area contributed by atoms with E-state index in [4.69, 9.17) is 4.98 Å². The van der Waals surface area contributed by atoms with Crippen LogP contribution in [0.4, 0.5) is 4.39 Å². The van der Waals surface area contributed by atoms with Crippen LogP contribution in [0.3, 0.4) is 0 Å². The summed E-state index contributed by atoms with van der Waals surface area (Å²) in [6.45, 7) is 3.04. The molecule has 6 aromatic rings. The normalized spacial score (nSPS) is 11.7. The predicted molar refractivity (Wildman–Crippen MR) is 144 cm³/mol. The van der Waals surface area contributed by atoms with E-state index in [9.17, 15) is 4.39 Å². The van der Waals surface area contributed by atoms with E-state index < -0.39 is 0 Å². The highest BCUT2D eigenvalue weighted by atomic mass is 19.1. The van der Waals surface area contributed by atoms with Gasteiger partial charge in [-0.05, 0) is 67.0 Å². The highest BCUT2D eigenvalue weighted by Gasteiger charge is 2.17. The number of H-pyrrole nitrogens is 2. The first-order chi connectivity index (χ1) is 18.0. The minimum Gasteiger partial charge on any atom is -0.335 e. The van der Waals surface area contributed by atoms with E-state index in [0.29, 0.717) is 11.5 Å². The summed E-state index contributed by atoms with van der Waals surface area (Å²) in [5.74, 6) is 0.362. The van der Waals surface area contributed by atoms with Gasteiger partial charge in [-0.15, -0.1) is 0 Å². The van der Waals surface area contributed by atoms with Crippen LogP contribution in [0, 0.1) is 5.82 Å². The SMILES string of the molecule is CCc1cc(CN(C)C)cc(-c2cnc3n[nH]c(-c4nc5c(-c6ccc(F)cc6)cncc5[nH]4)c3c2)c1. The summed E-state index contributed by atoms with van der Waals surface area (Å²) in [6, 6.07) is 15.2. The molecule has 4 heterocycles. The number of aromatic nitrogens is 6. The Balaban J connectivity index is 1.45. The van der Waals surface area contributed by atoms with Crippen molar-refractivity contribution in [2.45, 2.75) is 19.9 Å². The molecule has 4 aromatic heterocycles. The number of rotatable bonds is 6. The summed E-state index contributed by atoms with van der Waals surface area (Å²) in [7, 11) is 4.15. The van der Waals surface area contributed by atoms with Crippen LogP contribution in [0.25, 0.3) is 55.8 Å². The molecule has 0 saturated carbocycles. The highest BCUT2D eigenvalue weighted by molar-refractivity contribution is 5.96. The van der Waals surface area contributed by atoms with Crippen LogP contribution in [0.2, 0.25) is 0 Å². The van der Waals surface area contributed by atoms with Crippen molar-refractivity contribution in [1.29, 1.82) is 0 Å². The molecule has 0 aliphatic heterocycles. The molecule has 2 aromatic carbocycles. The van der Waals surface area contributed by atoms with Gasteiger partial charge in [0.05, 0.1) is 22.6 Å². The topological polar surface area (TPSA) is 86.4 Å². The van der Waals surface area contributed by atoms with Crippen molar-refractivity contribution < 1.29 is 4.39 Å². The molecule has 184 valence electrons. The monoisotopic (exact) mass is 491 g/mol. The summed E-state index contributed by atoms with van der Waals surface area (Å²) < 4.78 is 13.5. The number of nitrogens with one attached hydrogen (secondary N) is 2. The van der Waals surface area contributed by atoms with Gasteiger partial charge >= 0.3 is 0 Å². The molecule has 7 nitrogen and oxygen atoms in total. The number of imidazole rings is 1. The predicted octanol–water partition coefficient (Wildman–Crippen LogP) is 5.99. The van der Waals surface area contributed by atoms with Gasteiger partial charge in [-0.2, -0.15) is 5.10 Å². The third-order valence-electron chi connectivity index (χ3n) is 6.49. The van der Waals surface area contributed by atoms with Crippen LogP contribution in [-0.2, 0) is 13.0 Å². The Bertz CT molecular complexity index is 1730. The zero-order valence-electron chi connectivity index (χ0n) is 20.9. The Hall–Kier alpha value is -4.43. The molecule has 0 bridgehead atoms. The van der Waals surface area contributed by atoms with Crippen LogP contribution >= 0.6 is 0 Å². The molecule has 0 amide bonds. The second-order valence-electron chi connectivity index (χ2n) is 9.50. The van der Waals surface area contributed by atoms with E-state index in [-0.39, 0.29) is 5.82 Å². The first kappa shape index (κ1) is 23.0. The minimum atomic E-state index is -0.280. The van der Waals surface area contributed by atoms with Gasteiger partial charge in [-0.3, -0.25) is 10.1 Å². The fourth-order valence-electron chi connectivity index (χ4n) is 4.72. The number of benzene rings is 2. The Labute approximate surface area is 213 Å². The third-order valence-corrected chi connectivity index (χ3v) is 6.49. The fourth-order valence-corrected chi connectivity index (χ4v) is 4.72. The van der Waals surface area contributed by atoms with Gasteiger partial charge in [0.1, 0.15) is 11.5 Å². The zero-order valence-corrected chi connectivity index (χ0v) is 20.9. The Morgan fingerprint density at radius 3 is 2.49 bits per heavy atom. The minimum absolute atomic E-state index is 0.280. The molecule has 6 rings (SSSR count). The van der Waals surface area contributed by atoms with Crippen molar-refractivity contribution in [2.24, 2.45) is 0 Å². The van der Waals surface area contributed by atoms with E-state index in [0.717, 1.165) is 57.3 Å². The molecule has 0 aliphatic rings. The average Bonchev–Trinajstić information content (AvgIpc) is 3.52. The van der Waals surface area contributed by atoms with Gasteiger partial charge < -0.3 is 9.88 Å². The lowest BCUT2D eigenvalue weighted by Gasteiger charge is -2.13. The third kappa shape index (κ3) is 4.36. The van der Waals surface area contributed by atoms with E-state index in [1.165, 1.54) is 23.3 Å². The van der Waals surface area contributed by atoms with Crippen molar-refractivity contribution in [3.8, 4) is 33.8 Å².